The van der Waals surface area contributed by atoms with Gasteiger partial charge >= 0.3 is 0 Å². The lowest BCUT2D eigenvalue weighted by atomic mass is 9.67. The Kier molecular flexibility index (Phi) is 5.46. The molecule has 0 amide bonds. The van der Waals surface area contributed by atoms with Gasteiger partial charge in [-0.25, -0.2) is 0 Å². The molecule has 3 unspecified atom stereocenters. The first-order chi connectivity index (χ1) is 7.90. The van der Waals surface area contributed by atoms with Crippen LogP contribution in [0.15, 0.2) is 0 Å². The maximum Gasteiger partial charge on any atom is 0.0135 e. The van der Waals surface area contributed by atoms with Gasteiger partial charge in [-0.2, -0.15) is 0 Å². The molecule has 0 saturated heterocycles. The van der Waals surface area contributed by atoms with Crippen LogP contribution in [0.3, 0.4) is 0 Å². The molecule has 0 aromatic heterocycles. The zero-order chi connectivity index (χ0) is 13.1. The summed E-state index contributed by atoms with van der Waals surface area (Å²) in [6.45, 7) is 11.5. The molecule has 0 heterocycles. The average Bonchev–Trinajstić information content (AvgIpc) is 2.27. The zero-order valence-electron chi connectivity index (χ0n) is 12.5. The number of nitrogens with two attached hydrogens (primary N) is 1. The first kappa shape index (κ1) is 15.0. The minimum Gasteiger partial charge on any atom is -0.330 e. The van der Waals surface area contributed by atoms with Crippen LogP contribution < -0.4 is 5.73 Å². The third kappa shape index (κ3) is 3.96. The molecule has 1 aliphatic rings. The molecule has 1 saturated carbocycles. The number of nitrogens with zero attached hydrogens (tertiary/aromatic N) is 1. The van der Waals surface area contributed by atoms with E-state index in [0.717, 1.165) is 12.5 Å². The number of hydrogen-bond acceptors (Lipinski definition) is 2. The van der Waals surface area contributed by atoms with Crippen molar-refractivity contribution in [3.63, 3.8) is 0 Å². The molecule has 0 aromatic carbocycles. The second kappa shape index (κ2) is 6.19. The van der Waals surface area contributed by atoms with Gasteiger partial charge in [-0.1, -0.05) is 27.7 Å². The third-order valence-electron chi connectivity index (χ3n) is 4.63. The van der Waals surface area contributed by atoms with Gasteiger partial charge in [0.25, 0.3) is 0 Å². The maximum absolute atomic E-state index is 5.96. The molecule has 0 radical (unpaired) electrons. The predicted molar refractivity (Wildman–Crippen MR) is 76.0 cm³/mol. The van der Waals surface area contributed by atoms with Crippen molar-refractivity contribution in [1.29, 1.82) is 0 Å². The highest BCUT2D eigenvalue weighted by atomic mass is 15.1. The topological polar surface area (TPSA) is 29.3 Å². The molecule has 2 N–H and O–H groups in total. The Morgan fingerprint density at radius 1 is 1.24 bits per heavy atom. The van der Waals surface area contributed by atoms with Gasteiger partial charge in [0.15, 0.2) is 0 Å². The Bertz CT molecular complexity index is 219. The third-order valence-corrected chi connectivity index (χ3v) is 4.63. The van der Waals surface area contributed by atoms with E-state index in [-0.39, 0.29) is 0 Å². The smallest absolute Gasteiger partial charge is 0.0135 e. The lowest BCUT2D eigenvalue weighted by Gasteiger charge is -2.45. The quantitative estimate of drug-likeness (QED) is 0.818. The summed E-state index contributed by atoms with van der Waals surface area (Å²) in [7, 11) is 2.28. The fourth-order valence-electron chi connectivity index (χ4n) is 3.33. The second-order valence-electron chi connectivity index (χ2n) is 6.92. The summed E-state index contributed by atoms with van der Waals surface area (Å²) in [6.07, 6.45) is 5.26. The summed E-state index contributed by atoms with van der Waals surface area (Å²) < 4.78 is 0. The van der Waals surface area contributed by atoms with Crippen molar-refractivity contribution < 1.29 is 0 Å². The zero-order valence-corrected chi connectivity index (χ0v) is 12.5. The molecule has 0 aliphatic heterocycles. The van der Waals surface area contributed by atoms with Crippen LogP contribution in [-0.2, 0) is 0 Å². The predicted octanol–water partition coefficient (Wildman–Crippen LogP) is 3.12. The van der Waals surface area contributed by atoms with E-state index in [0.29, 0.717) is 17.4 Å². The standard InChI is InChI=1S/C15H32N2/c1-6-9-17(5)14-10-13(15(2,3)4)8-7-12(14)11-16/h12-14H,6-11,16H2,1-5H3. The van der Waals surface area contributed by atoms with Crippen molar-refractivity contribution in [3.8, 4) is 0 Å². The van der Waals surface area contributed by atoms with E-state index in [2.05, 4.69) is 39.6 Å². The van der Waals surface area contributed by atoms with Crippen LogP contribution in [0.1, 0.15) is 53.4 Å². The molecule has 1 fully saturated rings. The highest BCUT2D eigenvalue weighted by Gasteiger charge is 2.36. The summed E-state index contributed by atoms with van der Waals surface area (Å²) in [4.78, 5) is 2.55. The summed E-state index contributed by atoms with van der Waals surface area (Å²) in [5, 5.41) is 0. The molecule has 1 rings (SSSR count). The van der Waals surface area contributed by atoms with Gasteiger partial charge in [0.1, 0.15) is 0 Å². The van der Waals surface area contributed by atoms with Gasteiger partial charge in [-0.15, -0.1) is 0 Å². The van der Waals surface area contributed by atoms with E-state index in [1.54, 1.807) is 0 Å². The van der Waals surface area contributed by atoms with Crippen LogP contribution in [0.4, 0.5) is 0 Å². The van der Waals surface area contributed by atoms with E-state index >= 15 is 0 Å². The molecule has 2 nitrogen and oxygen atoms in total. The van der Waals surface area contributed by atoms with E-state index in [1.165, 1.54) is 32.2 Å². The monoisotopic (exact) mass is 240 g/mol. The van der Waals surface area contributed by atoms with Gasteiger partial charge in [0, 0.05) is 6.04 Å². The minimum absolute atomic E-state index is 0.449. The van der Waals surface area contributed by atoms with Gasteiger partial charge in [0.2, 0.25) is 0 Å². The lowest BCUT2D eigenvalue weighted by Crippen LogP contribution is -2.47. The summed E-state index contributed by atoms with van der Waals surface area (Å²) >= 11 is 0. The van der Waals surface area contributed by atoms with Crippen molar-refractivity contribution in [2.75, 3.05) is 20.1 Å². The average molecular weight is 240 g/mol. The van der Waals surface area contributed by atoms with E-state index in [9.17, 15) is 0 Å². The van der Waals surface area contributed by atoms with Gasteiger partial charge in [-0.3, -0.25) is 0 Å². The van der Waals surface area contributed by atoms with Crippen molar-refractivity contribution in [2.24, 2.45) is 23.0 Å². The number of hydrogen-bond donors (Lipinski definition) is 1. The fourth-order valence-corrected chi connectivity index (χ4v) is 3.33. The first-order valence-corrected chi connectivity index (χ1v) is 7.30. The Hall–Kier alpha value is -0.0800. The fraction of sp³-hybridized carbons (Fsp3) is 1.00. The molecule has 17 heavy (non-hydrogen) atoms. The second-order valence-corrected chi connectivity index (χ2v) is 6.92. The van der Waals surface area contributed by atoms with Crippen molar-refractivity contribution in [2.45, 2.75) is 59.4 Å². The highest BCUT2D eigenvalue weighted by molar-refractivity contribution is 4.90. The van der Waals surface area contributed by atoms with E-state index < -0.39 is 0 Å². The van der Waals surface area contributed by atoms with Crippen LogP contribution in [0, 0.1) is 17.3 Å². The largest absolute Gasteiger partial charge is 0.330 e. The molecule has 0 spiro atoms. The highest BCUT2D eigenvalue weighted by Crippen LogP contribution is 2.41. The Morgan fingerprint density at radius 3 is 2.35 bits per heavy atom. The normalized spacial score (nSPS) is 30.9. The van der Waals surface area contributed by atoms with Crippen LogP contribution in [0.2, 0.25) is 0 Å². The van der Waals surface area contributed by atoms with E-state index in [4.69, 9.17) is 5.73 Å². The molecule has 1 aliphatic carbocycles. The summed E-state index contributed by atoms with van der Waals surface area (Å²) in [5.74, 6) is 1.57. The SMILES string of the molecule is CCCN(C)C1CC(C(C)(C)C)CCC1CN. The molecule has 0 aromatic rings. The van der Waals surface area contributed by atoms with Crippen LogP contribution in [0.5, 0.6) is 0 Å². The molecule has 2 heteroatoms. The molecular formula is C15H32N2. The summed E-state index contributed by atoms with van der Waals surface area (Å²) in [6, 6.07) is 0.706. The Labute approximate surface area is 108 Å². The Morgan fingerprint density at radius 2 is 1.88 bits per heavy atom. The van der Waals surface area contributed by atoms with E-state index in [1.807, 2.05) is 0 Å². The molecule has 102 valence electrons. The maximum atomic E-state index is 5.96. The number of rotatable bonds is 4. The van der Waals surface area contributed by atoms with Crippen LogP contribution >= 0.6 is 0 Å². The van der Waals surface area contributed by atoms with Crippen LogP contribution in [-0.4, -0.2) is 31.1 Å². The van der Waals surface area contributed by atoms with Gasteiger partial charge in [0.05, 0.1) is 0 Å². The van der Waals surface area contributed by atoms with Crippen molar-refractivity contribution >= 4 is 0 Å². The molecule has 0 bridgehead atoms. The van der Waals surface area contributed by atoms with Gasteiger partial charge < -0.3 is 10.6 Å². The lowest BCUT2D eigenvalue weighted by molar-refractivity contribution is 0.0593. The molecule has 3 atom stereocenters. The summed E-state index contributed by atoms with van der Waals surface area (Å²) in [5.41, 5.74) is 6.40. The van der Waals surface area contributed by atoms with Crippen LogP contribution in [0.25, 0.3) is 0 Å². The van der Waals surface area contributed by atoms with Crippen molar-refractivity contribution in [3.05, 3.63) is 0 Å². The van der Waals surface area contributed by atoms with Crippen molar-refractivity contribution in [1.82, 2.24) is 4.90 Å². The first-order valence-electron chi connectivity index (χ1n) is 7.30. The Balaban J connectivity index is 2.68. The minimum atomic E-state index is 0.449. The van der Waals surface area contributed by atoms with Gasteiger partial charge in [-0.05, 0) is 63.1 Å². The molecular weight excluding hydrogens is 208 g/mol.